The molecule has 1 N–H and O–H groups in total. The molecule has 1 saturated heterocycles. The van der Waals surface area contributed by atoms with Gasteiger partial charge in [0.1, 0.15) is 0 Å². The summed E-state index contributed by atoms with van der Waals surface area (Å²) in [5, 5.41) is 4.04. The second-order valence-electron chi connectivity index (χ2n) is 6.55. The number of likely N-dealkylation sites (tertiary alicyclic amines) is 1. The Hall–Kier alpha value is -2.88. The monoisotopic (exact) mass is 331 g/mol. The number of urea groups is 1. The third kappa shape index (κ3) is 3.07. The largest absolute Gasteiger partial charge is 0.322 e. The normalized spacial score (nSPS) is 17.0. The van der Waals surface area contributed by atoms with Gasteiger partial charge in [-0.2, -0.15) is 0 Å². The number of rotatable bonds is 2. The van der Waals surface area contributed by atoms with E-state index in [1.54, 1.807) is 6.20 Å². The first-order chi connectivity index (χ1) is 12.2. The van der Waals surface area contributed by atoms with Crippen molar-refractivity contribution in [3.63, 3.8) is 0 Å². The fourth-order valence-corrected chi connectivity index (χ4v) is 3.63. The van der Waals surface area contributed by atoms with Crippen molar-refractivity contribution >= 4 is 22.6 Å². The van der Waals surface area contributed by atoms with E-state index < -0.39 is 0 Å². The van der Waals surface area contributed by atoms with Crippen molar-refractivity contribution in [1.29, 1.82) is 0 Å². The molecule has 2 amide bonds. The molecule has 25 heavy (non-hydrogen) atoms. The Labute approximate surface area is 147 Å². The van der Waals surface area contributed by atoms with Gasteiger partial charge < -0.3 is 10.2 Å². The summed E-state index contributed by atoms with van der Waals surface area (Å²) in [6, 6.07) is 18.3. The van der Waals surface area contributed by atoms with Crippen LogP contribution in [-0.2, 0) is 0 Å². The number of aryl methyl sites for hydroxylation is 1. The van der Waals surface area contributed by atoms with Crippen molar-refractivity contribution in [2.45, 2.75) is 25.8 Å². The zero-order valence-electron chi connectivity index (χ0n) is 14.3. The van der Waals surface area contributed by atoms with E-state index in [0.29, 0.717) is 0 Å². The van der Waals surface area contributed by atoms with Gasteiger partial charge in [0.05, 0.1) is 23.4 Å². The van der Waals surface area contributed by atoms with Gasteiger partial charge in [0.2, 0.25) is 0 Å². The van der Waals surface area contributed by atoms with Crippen LogP contribution in [0.1, 0.15) is 30.0 Å². The van der Waals surface area contributed by atoms with Gasteiger partial charge in [0, 0.05) is 11.9 Å². The van der Waals surface area contributed by atoms with E-state index in [9.17, 15) is 4.79 Å². The third-order valence-electron chi connectivity index (χ3n) is 4.90. The second kappa shape index (κ2) is 6.55. The molecular weight excluding hydrogens is 310 g/mol. The number of benzene rings is 2. The number of carbonyl (C=O) groups excluding carboxylic acids is 1. The van der Waals surface area contributed by atoms with E-state index in [0.717, 1.165) is 36.0 Å². The zero-order chi connectivity index (χ0) is 17.2. The Kier molecular flexibility index (Phi) is 4.10. The van der Waals surface area contributed by atoms with Crippen LogP contribution in [0.2, 0.25) is 0 Å². The van der Waals surface area contributed by atoms with Crippen LogP contribution in [-0.4, -0.2) is 22.5 Å². The van der Waals surface area contributed by atoms with Crippen molar-refractivity contribution in [2.75, 3.05) is 11.9 Å². The molecule has 3 aromatic rings. The number of carbonyl (C=O) groups is 1. The van der Waals surface area contributed by atoms with E-state index in [2.05, 4.69) is 29.4 Å². The lowest BCUT2D eigenvalue weighted by Crippen LogP contribution is -2.34. The minimum atomic E-state index is -0.0529. The molecule has 4 nitrogen and oxygen atoms in total. The van der Waals surface area contributed by atoms with E-state index in [1.807, 2.05) is 47.4 Å². The van der Waals surface area contributed by atoms with Crippen molar-refractivity contribution in [3.8, 4) is 0 Å². The highest BCUT2D eigenvalue weighted by molar-refractivity contribution is 5.92. The van der Waals surface area contributed by atoms with Crippen molar-refractivity contribution in [1.82, 2.24) is 9.88 Å². The Morgan fingerprint density at radius 3 is 2.84 bits per heavy atom. The van der Waals surface area contributed by atoms with Crippen LogP contribution in [0.5, 0.6) is 0 Å². The number of para-hydroxylation sites is 1. The molecular formula is C21H21N3O. The maximum absolute atomic E-state index is 12.8. The molecule has 1 fully saturated rings. The molecule has 1 atom stereocenters. The van der Waals surface area contributed by atoms with Gasteiger partial charge in [-0.25, -0.2) is 4.79 Å². The number of fused-ring (bicyclic) bond motifs is 1. The molecule has 4 rings (SSSR count). The van der Waals surface area contributed by atoms with Crippen LogP contribution in [0.25, 0.3) is 10.9 Å². The van der Waals surface area contributed by atoms with Gasteiger partial charge in [-0.3, -0.25) is 4.98 Å². The highest BCUT2D eigenvalue weighted by Gasteiger charge is 2.30. The molecule has 1 aliphatic heterocycles. The van der Waals surface area contributed by atoms with Crippen LogP contribution in [0.3, 0.4) is 0 Å². The third-order valence-corrected chi connectivity index (χ3v) is 4.90. The molecule has 1 aliphatic rings. The van der Waals surface area contributed by atoms with Gasteiger partial charge in [-0.05, 0) is 43.0 Å². The highest BCUT2D eigenvalue weighted by atomic mass is 16.2. The van der Waals surface area contributed by atoms with Crippen LogP contribution in [0.4, 0.5) is 10.5 Å². The number of anilines is 1. The number of amides is 2. The first kappa shape index (κ1) is 15.6. The predicted octanol–water partition coefficient (Wildman–Crippen LogP) is 4.91. The van der Waals surface area contributed by atoms with Crippen molar-refractivity contribution < 1.29 is 4.79 Å². The molecule has 2 aromatic carbocycles. The summed E-state index contributed by atoms with van der Waals surface area (Å²) in [6.45, 7) is 2.89. The summed E-state index contributed by atoms with van der Waals surface area (Å²) >= 11 is 0. The number of hydrogen-bond donors (Lipinski definition) is 1. The first-order valence-corrected chi connectivity index (χ1v) is 8.70. The van der Waals surface area contributed by atoms with E-state index in [4.69, 9.17) is 0 Å². The van der Waals surface area contributed by atoms with Crippen LogP contribution in [0, 0.1) is 6.92 Å². The lowest BCUT2D eigenvalue weighted by molar-refractivity contribution is 0.207. The summed E-state index contributed by atoms with van der Waals surface area (Å²) in [5.74, 6) is 0. The van der Waals surface area contributed by atoms with Crippen LogP contribution in [0.15, 0.2) is 60.8 Å². The maximum Gasteiger partial charge on any atom is 0.322 e. The van der Waals surface area contributed by atoms with E-state index in [1.165, 1.54) is 11.1 Å². The molecule has 0 unspecified atom stereocenters. The number of hydrogen-bond acceptors (Lipinski definition) is 2. The summed E-state index contributed by atoms with van der Waals surface area (Å²) in [5.41, 5.74) is 4.14. The number of pyridine rings is 1. The lowest BCUT2D eigenvalue weighted by atomic mass is 9.99. The second-order valence-corrected chi connectivity index (χ2v) is 6.55. The number of nitrogens with zero attached hydrogens (tertiary/aromatic N) is 2. The van der Waals surface area contributed by atoms with Gasteiger partial charge >= 0.3 is 6.03 Å². The smallest absolute Gasteiger partial charge is 0.317 e. The standard InChI is InChI=1S/C21H21N3O/c1-15-7-2-4-9-18(15)20-11-6-12-24(20)21(25)23-17-13-16-8-3-5-10-19(16)22-14-17/h2-5,7-10,13-14,20H,6,11-12H2,1H3,(H,23,25)/t20-/m0/s1. The average Bonchev–Trinajstić information content (AvgIpc) is 3.11. The average molecular weight is 331 g/mol. The molecule has 0 spiro atoms. The first-order valence-electron chi connectivity index (χ1n) is 8.70. The minimum Gasteiger partial charge on any atom is -0.317 e. The summed E-state index contributed by atoms with van der Waals surface area (Å²) in [6.07, 6.45) is 3.76. The molecule has 1 aromatic heterocycles. The molecule has 0 radical (unpaired) electrons. The zero-order valence-corrected chi connectivity index (χ0v) is 14.3. The molecule has 4 heteroatoms. The molecule has 0 bridgehead atoms. The van der Waals surface area contributed by atoms with Crippen LogP contribution < -0.4 is 5.32 Å². The summed E-state index contributed by atoms with van der Waals surface area (Å²) in [4.78, 5) is 19.2. The quantitative estimate of drug-likeness (QED) is 0.725. The van der Waals surface area contributed by atoms with Crippen LogP contribution >= 0.6 is 0 Å². The maximum atomic E-state index is 12.8. The van der Waals surface area contributed by atoms with Crippen molar-refractivity contribution in [2.24, 2.45) is 0 Å². The lowest BCUT2D eigenvalue weighted by Gasteiger charge is -2.26. The fourth-order valence-electron chi connectivity index (χ4n) is 3.63. The van der Waals surface area contributed by atoms with Crippen molar-refractivity contribution in [3.05, 3.63) is 71.9 Å². The Bertz CT molecular complexity index is 922. The number of nitrogens with one attached hydrogen (secondary N) is 1. The van der Waals surface area contributed by atoms with Gasteiger partial charge in [0.15, 0.2) is 0 Å². The van der Waals surface area contributed by atoms with Gasteiger partial charge in [-0.1, -0.05) is 42.5 Å². The van der Waals surface area contributed by atoms with Gasteiger partial charge in [0.25, 0.3) is 0 Å². The summed E-state index contributed by atoms with van der Waals surface area (Å²) in [7, 11) is 0. The van der Waals surface area contributed by atoms with E-state index in [-0.39, 0.29) is 12.1 Å². The Balaban J connectivity index is 1.56. The Morgan fingerprint density at radius 1 is 1.16 bits per heavy atom. The molecule has 2 heterocycles. The summed E-state index contributed by atoms with van der Waals surface area (Å²) < 4.78 is 0. The Morgan fingerprint density at radius 2 is 1.96 bits per heavy atom. The highest BCUT2D eigenvalue weighted by Crippen LogP contribution is 2.34. The SMILES string of the molecule is Cc1ccccc1[C@@H]1CCCN1C(=O)Nc1cnc2ccccc2c1. The van der Waals surface area contributed by atoms with E-state index >= 15 is 0 Å². The molecule has 0 saturated carbocycles. The number of aromatic nitrogens is 1. The predicted molar refractivity (Wildman–Crippen MR) is 101 cm³/mol. The minimum absolute atomic E-state index is 0.0529. The molecule has 0 aliphatic carbocycles. The molecule has 126 valence electrons. The fraction of sp³-hybridized carbons (Fsp3) is 0.238. The topological polar surface area (TPSA) is 45.2 Å². The van der Waals surface area contributed by atoms with Gasteiger partial charge in [-0.15, -0.1) is 0 Å².